The summed E-state index contributed by atoms with van der Waals surface area (Å²) in [6.07, 6.45) is 6.99. The fraction of sp³-hybridized carbons (Fsp3) is 0.389. The molecule has 1 saturated heterocycles. The lowest BCUT2D eigenvalue weighted by molar-refractivity contribution is -0.137. The molecule has 0 aromatic heterocycles. The quantitative estimate of drug-likeness (QED) is 0.449. The van der Waals surface area contributed by atoms with Crippen LogP contribution in [0.25, 0.3) is 0 Å². The van der Waals surface area contributed by atoms with Crippen LogP contribution in [0.3, 0.4) is 0 Å². The van der Waals surface area contributed by atoms with Gasteiger partial charge in [0.1, 0.15) is 0 Å². The lowest BCUT2D eigenvalue weighted by Gasteiger charge is -2.10. The first-order valence-corrected chi connectivity index (χ1v) is 9.55. The highest BCUT2D eigenvalue weighted by Gasteiger charge is 2.27. The third-order valence-corrected chi connectivity index (χ3v) is 5.56. The molecule has 1 aliphatic heterocycles. The minimum Gasteiger partial charge on any atom is -0.462 e. The van der Waals surface area contributed by atoms with Gasteiger partial charge in [0.2, 0.25) is 9.84 Å². The molecule has 0 spiro atoms. The molecule has 130 valence electrons. The number of esters is 1. The van der Waals surface area contributed by atoms with E-state index in [9.17, 15) is 13.2 Å². The third-order valence-electron chi connectivity index (χ3n) is 3.78. The van der Waals surface area contributed by atoms with Crippen molar-refractivity contribution >= 4 is 15.8 Å². The summed E-state index contributed by atoms with van der Waals surface area (Å²) < 4.78 is 30.5. The number of hydrogen-bond donors (Lipinski definition) is 0. The van der Waals surface area contributed by atoms with Crippen LogP contribution in [0.4, 0.5) is 0 Å². The number of rotatable bonds is 6. The van der Waals surface area contributed by atoms with E-state index >= 15 is 0 Å². The Labute approximate surface area is 143 Å². The molecule has 0 atom stereocenters. The van der Waals surface area contributed by atoms with Gasteiger partial charge in [0.05, 0.1) is 11.5 Å². The molecule has 1 heterocycles. The second-order valence-corrected chi connectivity index (χ2v) is 7.57. The molecule has 24 heavy (non-hydrogen) atoms. The van der Waals surface area contributed by atoms with Gasteiger partial charge >= 0.3 is 5.97 Å². The van der Waals surface area contributed by atoms with Crippen molar-refractivity contribution in [1.29, 1.82) is 0 Å². The average Bonchev–Trinajstić information content (AvgIpc) is 3.05. The predicted octanol–water partition coefficient (Wildman–Crippen LogP) is 2.83. The molecule has 0 saturated carbocycles. The molecule has 0 N–H and O–H groups in total. The van der Waals surface area contributed by atoms with Crippen molar-refractivity contribution in [3.63, 3.8) is 0 Å². The van der Waals surface area contributed by atoms with E-state index in [-0.39, 0.29) is 16.4 Å². The van der Waals surface area contributed by atoms with Crippen LogP contribution in [0.1, 0.15) is 25.3 Å². The van der Waals surface area contributed by atoms with Crippen molar-refractivity contribution in [3.05, 3.63) is 53.1 Å². The summed E-state index contributed by atoms with van der Waals surface area (Å²) in [5.74, 6) is -0.829. The van der Waals surface area contributed by atoms with E-state index < -0.39 is 15.8 Å². The summed E-state index contributed by atoms with van der Waals surface area (Å²) in [5.41, 5.74) is 0.949. The molecular formula is C18H23NO4S. The Kier molecular flexibility index (Phi) is 6.20. The predicted molar refractivity (Wildman–Crippen MR) is 93.0 cm³/mol. The van der Waals surface area contributed by atoms with E-state index in [0.29, 0.717) is 0 Å². The van der Waals surface area contributed by atoms with E-state index in [2.05, 4.69) is 4.90 Å². The second kappa shape index (κ2) is 8.15. The fourth-order valence-corrected chi connectivity index (χ4v) is 3.74. The largest absolute Gasteiger partial charge is 0.462 e. The summed E-state index contributed by atoms with van der Waals surface area (Å²) in [6.45, 7) is 5.54. The fourth-order valence-electron chi connectivity index (χ4n) is 2.46. The van der Waals surface area contributed by atoms with Gasteiger partial charge in [-0.25, -0.2) is 13.2 Å². The highest BCUT2D eigenvalue weighted by Crippen LogP contribution is 2.21. The molecule has 1 aromatic carbocycles. The van der Waals surface area contributed by atoms with E-state index in [4.69, 9.17) is 4.74 Å². The zero-order chi connectivity index (χ0) is 17.6. The number of carbonyl (C=O) groups is 1. The van der Waals surface area contributed by atoms with Crippen molar-refractivity contribution < 1.29 is 17.9 Å². The molecular weight excluding hydrogens is 326 g/mol. The maximum Gasteiger partial charge on any atom is 0.350 e. The van der Waals surface area contributed by atoms with Crippen LogP contribution in [-0.4, -0.2) is 39.0 Å². The third kappa shape index (κ3) is 4.47. The zero-order valence-electron chi connectivity index (χ0n) is 14.1. The van der Waals surface area contributed by atoms with Crippen molar-refractivity contribution in [2.75, 3.05) is 19.7 Å². The Morgan fingerprint density at radius 2 is 1.83 bits per heavy atom. The van der Waals surface area contributed by atoms with Gasteiger partial charge in [0, 0.05) is 13.1 Å². The molecule has 0 bridgehead atoms. The lowest BCUT2D eigenvalue weighted by Crippen LogP contribution is -2.17. The van der Waals surface area contributed by atoms with Crippen molar-refractivity contribution in [1.82, 2.24) is 4.90 Å². The lowest BCUT2D eigenvalue weighted by atomic mass is 10.2. The molecule has 0 aliphatic carbocycles. The van der Waals surface area contributed by atoms with E-state index in [1.165, 1.54) is 18.2 Å². The van der Waals surface area contributed by atoms with Crippen LogP contribution in [0.5, 0.6) is 0 Å². The Hall–Kier alpha value is -2.08. The number of carbonyl (C=O) groups excluding carboxylic acids is 1. The molecule has 5 nitrogen and oxygen atoms in total. The van der Waals surface area contributed by atoms with Gasteiger partial charge in [-0.2, -0.15) is 0 Å². The van der Waals surface area contributed by atoms with Crippen LogP contribution in [0, 0.1) is 6.92 Å². The van der Waals surface area contributed by atoms with Crippen molar-refractivity contribution in [2.45, 2.75) is 31.6 Å². The Balaban J connectivity index is 2.33. The monoisotopic (exact) mass is 349 g/mol. The summed E-state index contributed by atoms with van der Waals surface area (Å²) in [5, 5.41) is 0. The number of allylic oxidation sites excluding steroid dienone is 2. The molecule has 0 unspecified atom stereocenters. The number of nitrogens with zero attached hydrogens (tertiary/aromatic N) is 1. The van der Waals surface area contributed by atoms with E-state index in [1.807, 2.05) is 13.1 Å². The number of aryl methyl sites for hydroxylation is 1. The highest BCUT2D eigenvalue weighted by molar-refractivity contribution is 7.96. The average molecular weight is 349 g/mol. The summed E-state index contributed by atoms with van der Waals surface area (Å²) in [7, 11) is -3.92. The van der Waals surface area contributed by atoms with E-state index in [1.54, 1.807) is 25.1 Å². The summed E-state index contributed by atoms with van der Waals surface area (Å²) >= 11 is 0. The van der Waals surface area contributed by atoms with Crippen molar-refractivity contribution in [3.8, 4) is 0 Å². The van der Waals surface area contributed by atoms with Gasteiger partial charge in [-0.1, -0.05) is 17.7 Å². The van der Waals surface area contributed by atoms with Crippen LogP contribution < -0.4 is 0 Å². The molecule has 6 heteroatoms. The molecule has 1 aliphatic rings. The minimum absolute atomic E-state index is 0.0852. The smallest absolute Gasteiger partial charge is 0.350 e. The number of hydrogen-bond acceptors (Lipinski definition) is 5. The van der Waals surface area contributed by atoms with Gasteiger partial charge in [-0.3, -0.25) is 0 Å². The number of sulfone groups is 1. The van der Waals surface area contributed by atoms with Gasteiger partial charge in [0.25, 0.3) is 0 Å². The van der Waals surface area contributed by atoms with Crippen LogP contribution in [0.2, 0.25) is 0 Å². The van der Waals surface area contributed by atoms with Crippen LogP contribution >= 0.6 is 0 Å². The maximum absolute atomic E-state index is 12.8. The standard InChI is InChI=1S/C18H23NO4S/c1-3-23-18(20)17(7-6-14-19-12-4-5-13-19)24(21,22)16-10-8-15(2)9-11-16/h6-11,14H,3-5,12-13H2,1-2H3. The summed E-state index contributed by atoms with van der Waals surface area (Å²) in [4.78, 5) is 14.0. The van der Waals surface area contributed by atoms with E-state index in [0.717, 1.165) is 31.5 Å². The number of benzene rings is 1. The first kappa shape index (κ1) is 18.3. The summed E-state index contributed by atoms with van der Waals surface area (Å²) in [6, 6.07) is 6.41. The highest BCUT2D eigenvalue weighted by atomic mass is 32.2. The zero-order valence-corrected chi connectivity index (χ0v) is 14.9. The molecule has 0 radical (unpaired) electrons. The van der Waals surface area contributed by atoms with Crippen LogP contribution in [0.15, 0.2) is 52.4 Å². The molecule has 1 aromatic rings. The van der Waals surface area contributed by atoms with Gasteiger partial charge in [-0.15, -0.1) is 0 Å². The van der Waals surface area contributed by atoms with Gasteiger partial charge < -0.3 is 9.64 Å². The maximum atomic E-state index is 12.8. The SMILES string of the molecule is CCOC(=O)C(=CC=CN1CCCC1)S(=O)(=O)c1ccc(C)cc1. The topological polar surface area (TPSA) is 63.7 Å². The Bertz CT molecular complexity index is 727. The second-order valence-electron chi connectivity index (χ2n) is 5.65. The molecule has 1 fully saturated rings. The first-order chi connectivity index (χ1) is 11.4. The van der Waals surface area contributed by atoms with Crippen LogP contribution in [-0.2, 0) is 19.4 Å². The number of likely N-dealkylation sites (tertiary alicyclic amines) is 1. The molecule has 2 rings (SSSR count). The Morgan fingerprint density at radius 3 is 2.42 bits per heavy atom. The van der Waals surface area contributed by atoms with Gasteiger partial charge in [0.15, 0.2) is 4.91 Å². The first-order valence-electron chi connectivity index (χ1n) is 8.06. The normalized spacial score (nSPS) is 15.9. The number of ether oxygens (including phenoxy) is 1. The van der Waals surface area contributed by atoms with Gasteiger partial charge in [-0.05, 0) is 57.2 Å². The van der Waals surface area contributed by atoms with Crippen molar-refractivity contribution in [2.24, 2.45) is 0 Å². The molecule has 0 amide bonds. The Morgan fingerprint density at radius 1 is 1.21 bits per heavy atom. The minimum atomic E-state index is -3.92.